The second kappa shape index (κ2) is 5.14. The molecular weight excluding hydrogens is 281 g/mol. The summed E-state index contributed by atoms with van der Waals surface area (Å²) in [5.41, 5.74) is 6.35. The highest BCUT2D eigenvalue weighted by Gasteiger charge is 2.32. The lowest BCUT2D eigenvalue weighted by Crippen LogP contribution is -2.32. The van der Waals surface area contributed by atoms with E-state index in [1.165, 1.54) is 12.3 Å². The third kappa shape index (κ3) is 2.18. The van der Waals surface area contributed by atoms with Crippen LogP contribution < -0.4 is 5.43 Å². The lowest BCUT2D eigenvalue weighted by molar-refractivity contribution is 0.583. The number of rotatable bonds is 2. The van der Waals surface area contributed by atoms with Crippen LogP contribution in [-0.4, -0.2) is 27.9 Å². The molecule has 108 valence electrons. The summed E-state index contributed by atoms with van der Waals surface area (Å²) in [6, 6.07) is 6.98. The van der Waals surface area contributed by atoms with Crippen LogP contribution in [0.15, 0.2) is 59.0 Å². The Kier molecular flexibility index (Phi) is 3.00. The van der Waals surface area contributed by atoms with Crippen molar-refractivity contribution in [2.24, 2.45) is 16.0 Å². The predicted octanol–water partition coefficient (Wildman–Crippen LogP) is 2.03. The average molecular weight is 293 g/mol. The van der Waals surface area contributed by atoms with Gasteiger partial charge < -0.3 is 5.43 Å². The number of halogens is 1. The Bertz CT molecular complexity index is 797. The number of aliphatic imine (C=N–C) groups is 1. The molecule has 22 heavy (non-hydrogen) atoms. The minimum absolute atomic E-state index is 0.00773. The van der Waals surface area contributed by atoms with Gasteiger partial charge in [0.25, 0.3) is 0 Å². The van der Waals surface area contributed by atoms with E-state index in [0.29, 0.717) is 0 Å². The van der Waals surface area contributed by atoms with Gasteiger partial charge in [0.1, 0.15) is 0 Å². The van der Waals surface area contributed by atoms with E-state index in [2.05, 4.69) is 25.5 Å². The molecule has 2 aliphatic heterocycles. The van der Waals surface area contributed by atoms with Crippen molar-refractivity contribution < 1.29 is 4.39 Å². The summed E-state index contributed by atoms with van der Waals surface area (Å²) in [5.74, 6) is -0.501. The third-order valence-electron chi connectivity index (χ3n) is 3.73. The van der Waals surface area contributed by atoms with Gasteiger partial charge in [-0.15, -0.1) is 0 Å². The Hall–Kier alpha value is -2.89. The van der Waals surface area contributed by atoms with E-state index in [-0.39, 0.29) is 12.0 Å². The van der Waals surface area contributed by atoms with E-state index >= 15 is 0 Å². The van der Waals surface area contributed by atoms with E-state index in [4.69, 9.17) is 0 Å². The van der Waals surface area contributed by atoms with Crippen LogP contribution in [0, 0.1) is 11.9 Å². The van der Waals surface area contributed by atoms with Gasteiger partial charge in [0.15, 0.2) is 0 Å². The quantitative estimate of drug-likeness (QED) is 0.862. The maximum absolute atomic E-state index is 13.3. The molecule has 4 heterocycles. The zero-order valence-electron chi connectivity index (χ0n) is 11.5. The molecule has 0 aromatic carbocycles. The number of hydrazone groups is 1. The lowest BCUT2D eigenvalue weighted by Gasteiger charge is -2.19. The lowest BCUT2D eigenvalue weighted by atomic mass is 9.89. The highest BCUT2D eigenvalue weighted by molar-refractivity contribution is 6.08. The first-order chi connectivity index (χ1) is 10.8. The van der Waals surface area contributed by atoms with E-state index in [1.54, 1.807) is 18.5 Å². The number of nitrogens with zero attached hydrogens (tertiary/aromatic N) is 4. The molecule has 0 aliphatic carbocycles. The highest BCUT2D eigenvalue weighted by atomic mass is 19.1. The summed E-state index contributed by atoms with van der Waals surface area (Å²) in [4.78, 5) is 12.2. The first-order valence-corrected chi connectivity index (χ1v) is 6.93. The van der Waals surface area contributed by atoms with Crippen molar-refractivity contribution in [2.75, 3.05) is 0 Å². The van der Waals surface area contributed by atoms with Crippen molar-refractivity contribution >= 4 is 17.6 Å². The SMILES string of the molecule is Fc1cc(C2=NNC3C=NC(c4cccnc4)=CC23)ccn1. The standard InChI is InChI=1S/C16H12FN5/c17-15-6-10(3-5-19-15)16-12-7-13(11-2-1-4-18-8-11)20-9-14(12)21-22-16/h1-9,12,14,21H. The van der Waals surface area contributed by atoms with Crippen LogP contribution >= 0.6 is 0 Å². The number of hydrogen-bond donors (Lipinski definition) is 1. The summed E-state index contributed by atoms with van der Waals surface area (Å²) in [6.45, 7) is 0. The second-order valence-corrected chi connectivity index (χ2v) is 5.12. The molecule has 4 rings (SSSR count). The zero-order chi connectivity index (χ0) is 14.9. The summed E-state index contributed by atoms with van der Waals surface area (Å²) >= 11 is 0. The predicted molar refractivity (Wildman–Crippen MR) is 81.9 cm³/mol. The van der Waals surface area contributed by atoms with Crippen molar-refractivity contribution in [2.45, 2.75) is 6.04 Å². The molecule has 0 saturated heterocycles. The smallest absolute Gasteiger partial charge is 0.213 e. The maximum Gasteiger partial charge on any atom is 0.213 e. The Morgan fingerprint density at radius 3 is 2.91 bits per heavy atom. The summed E-state index contributed by atoms with van der Waals surface area (Å²) in [6.07, 6.45) is 8.82. The number of hydrogen-bond acceptors (Lipinski definition) is 5. The van der Waals surface area contributed by atoms with Crippen LogP contribution in [0.3, 0.4) is 0 Å². The fourth-order valence-corrected chi connectivity index (χ4v) is 2.66. The van der Waals surface area contributed by atoms with Gasteiger partial charge in [0.2, 0.25) is 5.95 Å². The Labute approximate surface area is 126 Å². The molecule has 2 aliphatic rings. The van der Waals surface area contributed by atoms with Gasteiger partial charge in [-0.2, -0.15) is 9.49 Å². The summed E-state index contributed by atoms with van der Waals surface area (Å²) < 4.78 is 13.3. The Morgan fingerprint density at radius 1 is 1.14 bits per heavy atom. The number of pyridine rings is 2. The molecule has 0 amide bonds. The van der Waals surface area contributed by atoms with Crippen molar-refractivity contribution in [1.29, 1.82) is 0 Å². The van der Waals surface area contributed by atoms with Gasteiger partial charge in [0, 0.05) is 42.0 Å². The average Bonchev–Trinajstić information content (AvgIpc) is 2.99. The summed E-state index contributed by atoms with van der Waals surface area (Å²) in [5, 5.41) is 4.34. The molecule has 2 aromatic rings. The monoisotopic (exact) mass is 293 g/mol. The molecule has 2 atom stereocenters. The van der Waals surface area contributed by atoms with Gasteiger partial charge >= 0.3 is 0 Å². The molecule has 0 radical (unpaired) electrons. The van der Waals surface area contributed by atoms with Gasteiger partial charge in [-0.1, -0.05) is 0 Å². The van der Waals surface area contributed by atoms with Crippen molar-refractivity contribution in [3.63, 3.8) is 0 Å². The zero-order valence-corrected chi connectivity index (χ0v) is 11.5. The van der Waals surface area contributed by atoms with Crippen LogP contribution in [0.2, 0.25) is 0 Å². The van der Waals surface area contributed by atoms with E-state index in [1.807, 2.05) is 24.4 Å². The van der Waals surface area contributed by atoms with Crippen LogP contribution in [0.4, 0.5) is 4.39 Å². The normalized spacial score (nSPS) is 22.6. The van der Waals surface area contributed by atoms with Crippen LogP contribution in [-0.2, 0) is 0 Å². The van der Waals surface area contributed by atoms with Crippen LogP contribution in [0.25, 0.3) is 5.70 Å². The topological polar surface area (TPSA) is 62.5 Å². The van der Waals surface area contributed by atoms with Crippen molar-refractivity contribution in [3.05, 3.63) is 66.0 Å². The molecular formula is C16H12FN5. The fraction of sp³-hybridized carbons (Fsp3) is 0.125. The molecule has 5 nitrogen and oxygen atoms in total. The molecule has 0 fully saturated rings. The Morgan fingerprint density at radius 2 is 2.09 bits per heavy atom. The van der Waals surface area contributed by atoms with Gasteiger partial charge in [-0.05, 0) is 24.3 Å². The maximum atomic E-state index is 13.3. The van der Waals surface area contributed by atoms with E-state index in [0.717, 1.165) is 22.5 Å². The molecule has 2 unspecified atom stereocenters. The molecule has 6 heteroatoms. The number of nitrogens with one attached hydrogen (secondary N) is 1. The van der Waals surface area contributed by atoms with Crippen molar-refractivity contribution in [1.82, 2.24) is 15.4 Å². The number of aromatic nitrogens is 2. The van der Waals surface area contributed by atoms with Gasteiger partial charge in [-0.25, -0.2) is 4.98 Å². The molecule has 0 saturated carbocycles. The molecule has 0 spiro atoms. The molecule has 2 aromatic heterocycles. The fourth-order valence-electron chi connectivity index (χ4n) is 2.66. The third-order valence-corrected chi connectivity index (χ3v) is 3.73. The van der Waals surface area contributed by atoms with E-state index < -0.39 is 5.95 Å². The minimum atomic E-state index is -0.510. The first-order valence-electron chi connectivity index (χ1n) is 6.93. The largest absolute Gasteiger partial charge is 0.300 e. The van der Waals surface area contributed by atoms with Gasteiger partial charge in [-0.3, -0.25) is 9.98 Å². The van der Waals surface area contributed by atoms with E-state index in [9.17, 15) is 4.39 Å². The Balaban J connectivity index is 1.71. The van der Waals surface area contributed by atoms with Crippen LogP contribution in [0.5, 0.6) is 0 Å². The molecule has 0 bridgehead atoms. The van der Waals surface area contributed by atoms with Gasteiger partial charge in [0.05, 0.1) is 23.4 Å². The number of fused-ring (bicyclic) bond motifs is 1. The highest BCUT2D eigenvalue weighted by Crippen LogP contribution is 2.28. The second-order valence-electron chi connectivity index (χ2n) is 5.12. The van der Waals surface area contributed by atoms with Crippen LogP contribution in [0.1, 0.15) is 11.1 Å². The first kappa shape index (κ1) is 12.8. The van der Waals surface area contributed by atoms with Crippen molar-refractivity contribution in [3.8, 4) is 0 Å². The summed E-state index contributed by atoms with van der Waals surface area (Å²) in [7, 11) is 0. The minimum Gasteiger partial charge on any atom is -0.300 e. The molecule has 1 N–H and O–H groups in total.